The number of rotatable bonds is 3. The van der Waals surface area contributed by atoms with E-state index in [0.29, 0.717) is 13.1 Å². The van der Waals surface area contributed by atoms with Gasteiger partial charge in [-0.1, -0.05) is 0 Å². The van der Waals surface area contributed by atoms with Crippen molar-refractivity contribution >= 4 is 5.91 Å². The molecule has 1 aliphatic heterocycles. The van der Waals surface area contributed by atoms with Gasteiger partial charge in [0.1, 0.15) is 12.4 Å². The van der Waals surface area contributed by atoms with E-state index in [-0.39, 0.29) is 11.8 Å². The lowest BCUT2D eigenvalue weighted by Gasteiger charge is -2.31. The maximum atomic E-state index is 12.5. The van der Waals surface area contributed by atoms with Gasteiger partial charge in [-0.3, -0.25) is 9.89 Å². The normalized spacial score (nSPS) is 18.7. The van der Waals surface area contributed by atoms with Gasteiger partial charge < -0.3 is 9.47 Å². The van der Waals surface area contributed by atoms with Gasteiger partial charge in [-0.05, 0) is 33.6 Å². The Morgan fingerprint density at radius 2 is 2.23 bits per heavy atom. The zero-order valence-electron chi connectivity index (χ0n) is 13.3. The summed E-state index contributed by atoms with van der Waals surface area (Å²) in [6, 6.07) is 0. The lowest BCUT2D eigenvalue weighted by Crippen LogP contribution is -2.41. The number of hydrogen-bond acceptors (Lipinski definition) is 4. The number of carbonyl (C=O) groups excluding carboxylic acids is 1. The van der Waals surface area contributed by atoms with Crippen molar-refractivity contribution < 1.29 is 4.79 Å². The van der Waals surface area contributed by atoms with Crippen LogP contribution >= 0.6 is 0 Å². The van der Waals surface area contributed by atoms with Gasteiger partial charge in [-0.25, -0.2) is 9.97 Å². The van der Waals surface area contributed by atoms with Crippen molar-refractivity contribution in [1.29, 1.82) is 0 Å². The number of nitrogens with zero attached hydrogens (tertiary/aromatic N) is 5. The number of carbonyl (C=O) groups is 1. The van der Waals surface area contributed by atoms with E-state index < -0.39 is 0 Å². The van der Waals surface area contributed by atoms with Crippen molar-refractivity contribution in [2.45, 2.75) is 46.1 Å². The highest BCUT2D eigenvalue weighted by molar-refractivity contribution is 5.76. The van der Waals surface area contributed by atoms with E-state index in [0.717, 1.165) is 42.4 Å². The Kier molecular flexibility index (Phi) is 3.96. The second-order valence-electron chi connectivity index (χ2n) is 6.00. The predicted octanol–water partition coefficient (Wildman–Crippen LogP) is 1.33. The number of aryl methyl sites for hydroxylation is 2. The first-order chi connectivity index (χ1) is 10.5. The van der Waals surface area contributed by atoms with E-state index in [2.05, 4.69) is 20.2 Å². The number of piperidine rings is 1. The summed E-state index contributed by atoms with van der Waals surface area (Å²) in [5, 5.41) is 7.13. The molecule has 0 radical (unpaired) electrons. The summed E-state index contributed by atoms with van der Waals surface area (Å²) >= 11 is 0. The summed E-state index contributed by atoms with van der Waals surface area (Å²) in [7, 11) is 0. The van der Waals surface area contributed by atoms with Gasteiger partial charge >= 0.3 is 0 Å². The molecule has 2 aromatic rings. The number of hydrogen-bond donors (Lipinski definition) is 1. The molecule has 0 spiro atoms. The lowest BCUT2D eigenvalue weighted by molar-refractivity contribution is -0.133. The SMILES string of the molecule is Cc1nc(C2CCCN(C(=O)Cn3cnc(C)c3C)C2)n[nH]1. The van der Waals surface area contributed by atoms with Crippen molar-refractivity contribution in [1.82, 2.24) is 29.6 Å². The number of aromatic nitrogens is 5. The molecule has 7 nitrogen and oxygen atoms in total. The average Bonchev–Trinajstić information content (AvgIpc) is 3.08. The second kappa shape index (κ2) is 5.90. The first kappa shape index (κ1) is 14.7. The zero-order valence-corrected chi connectivity index (χ0v) is 13.3. The maximum absolute atomic E-state index is 12.5. The smallest absolute Gasteiger partial charge is 0.242 e. The van der Waals surface area contributed by atoms with Crippen molar-refractivity contribution in [3.63, 3.8) is 0 Å². The van der Waals surface area contributed by atoms with Crippen LogP contribution in [-0.2, 0) is 11.3 Å². The summed E-state index contributed by atoms with van der Waals surface area (Å²) in [6.45, 7) is 7.71. The summed E-state index contributed by atoms with van der Waals surface area (Å²) < 4.78 is 1.91. The van der Waals surface area contributed by atoms with E-state index in [1.807, 2.05) is 30.2 Å². The Bertz CT molecular complexity index is 673. The Balaban J connectivity index is 1.66. The molecular weight excluding hydrogens is 280 g/mol. The molecule has 1 saturated heterocycles. The van der Waals surface area contributed by atoms with Gasteiger partial charge in [0.15, 0.2) is 5.82 Å². The van der Waals surface area contributed by atoms with Crippen LogP contribution in [0.5, 0.6) is 0 Å². The summed E-state index contributed by atoms with van der Waals surface area (Å²) in [6.07, 6.45) is 3.76. The van der Waals surface area contributed by atoms with Gasteiger partial charge in [-0.15, -0.1) is 0 Å². The molecule has 1 amide bonds. The Morgan fingerprint density at radius 1 is 1.41 bits per heavy atom. The Hall–Kier alpha value is -2.18. The highest BCUT2D eigenvalue weighted by atomic mass is 16.2. The molecule has 1 unspecified atom stereocenters. The number of likely N-dealkylation sites (tertiary alicyclic amines) is 1. The van der Waals surface area contributed by atoms with Crippen LogP contribution in [0.15, 0.2) is 6.33 Å². The largest absolute Gasteiger partial charge is 0.340 e. The minimum Gasteiger partial charge on any atom is -0.340 e. The van der Waals surface area contributed by atoms with Crippen LogP contribution in [0, 0.1) is 20.8 Å². The number of aromatic amines is 1. The van der Waals surface area contributed by atoms with Crippen LogP contribution < -0.4 is 0 Å². The van der Waals surface area contributed by atoms with Gasteiger partial charge in [0.25, 0.3) is 0 Å². The molecule has 1 fully saturated rings. The number of amides is 1. The third kappa shape index (κ3) is 2.88. The van der Waals surface area contributed by atoms with E-state index in [9.17, 15) is 4.79 Å². The summed E-state index contributed by atoms with van der Waals surface area (Å²) in [5.41, 5.74) is 2.02. The predicted molar refractivity (Wildman–Crippen MR) is 81.4 cm³/mol. The van der Waals surface area contributed by atoms with Crippen molar-refractivity contribution in [3.8, 4) is 0 Å². The second-order valence-corrected chi connectivity index (χ2v) is 6.00. The standard InChI is InChI=1S/C15H22N6O/c1-10-11(2)21(9-16-10)8-14(22)20-6-4-5-13(7-20)15-17-12(3)18-19-15/h9,13H,4-8H2,1-3H3,(H,17,18,19). The fraction of sp³-hybridized carbons (Fsp3) is 0.600. The fourth-order valence-electron chi connectivity index (χ4n) is 2.91. The van der Waals surface area contributed by atoms with Crippen LogP contribution in [0.4, 0.5) is 0 Å². The third-order valence-electron chi connectivity index (χ3n) is 4.40. The fourth-order valence-corrected chi connectivity index (χ4v) is 2.91. The maximum Gasteiger partial charge on any atom is 0.242 e. The van der Waals surface area contributed by atoms with E-state index in [1.165, 1.54) is 0 Å². The molecular formula is C15H22N6O. The van der Waals surface area contributed by atoms with Crippen molar-refractivity contribution in [3.05, 3.63) is 29.4 Å². The molecule has 1 N–H and O–H groups in total. The monoisotopic (exact) mass is 302 g/mol. The topological polar surface area (TPSA) is 79.7 Å². The molecule has 22 heavy (non-hydrogen) atoms. The first-order valence-electron chi connectivity index (χ1n) is 7.69. The Labute approximate surface area is 129 Å². The van der Waals surface area contributed by atoms with Crippen LogP contribution in [0.25, 0.3) is 0 Å². The van der Waals surface area contributed by atoms with Gasteiger partial charge in [0.05, 0.1) is 12.0 Å². The third-order valence-corrected chi connectivity index (χ3v) is 4.40. The molecule has 2 aromatic heterocycles. The van der Waals surface area contributed by atoms with Crippen LogP contribution in [0.1, 0.15) is 41.8 Å². The van der Waals surface area contributed by atoms with Gasteiger partial charge in [0.2, 0.25) is 5.91 Å². The van der Waals surface area contributed by atoms with E-state index in [1.54, 1.807) is 6.33 Å². The quantitative estimate of drug-likeness (QED) is 0.927. The highest BCUT2D eigenvalue weighted by Gasteiger charge is 2.27. The molecule has 7 heteroatoms. The number of nitrogens with one attached hydrogen (secondary N) is 1. The molecule has 0 aliphatic carbocycles. The van der Waals surface area contributed by atoms with E-state index in [4.69, 9.17) is 0 Å². The molecule has 1 aliphatic rings. The minimum atomic E-state index is 0.137. The molecule has 0 saturated carbocycles. The highest BCUT2D eigenvalue weighted by Crippen LogP contribution is 2.24. The zero-order chi connectivity index (χ0) is 15.7. The van der Waals surface area contributed by atoms with E-state index >= 15 is 0 Å². The molecule has 3 rings (SSSR count). The first-order valence-corrected chi connectivity index (χ1v) is 7.69. The molecule has 0 bridgehead atoms. The molecule has 118 valence electrons. The van der Waals surface area contributed by atoms with Crippen LogP contribution in [0.3, 0.4) is 0 Å². The van der Waals surface area contributed by atoms with Crippen LogP contribution in [-0.4, -0.2) is 48.6 Å². The molecule has 3 heterocycles. The molecule has 0 aromatic carbocycles. The number of H-pyrrole nitrogens is 1. The average molecular weight is 302 g/mol. The summed E-state index contributed by atoms with van der Waals surface area (Å²) in [4.78, 5) is 23.1. The van der Waals surface area contributed by atoms with Crippen molar-refractivity contribution in [2.24, 2.45) is 0 Å². The molecule has 1 atom stereocenters. The lowest BCUT2D eigenvalue weighted by atomic mass is 9.97. The number of imidazole rings is 1. The summed E-state index contributed by atoms with van der Waals surface area (Å²) in [5.74, 6) is 2.01. The van der Waals surface area contributed by atoms with Crippen molar-refractivity contribution in [2.75, 3.05) is 13.1 Å². The minimum absolute atomic E-state index is 0.137. The Morgan fingerprint density at radius 3 is 2.86 bits per heavy atom. The van der Waals surface area contributed by atoms with Crippen LogP contribution in [0.2, 0.25) is 0 Å². The van der Waals surface area contributed by atoms with Gasteiger partial charge in [-0.2, -0.15) is 5.10 Å². The van der Waals surface area contributed by atoms with Gasteiger partial charge in [0, 0.05) is 24.7 Å².